The molecule has 0 unspecified atom stereocenters. The van der Waals surface area contributed by atoms with E-state index >= 15 is 0 Å². The SMILES string of the molecule is CCOC(=O)N1CCN(C(=O)C2(C(=O)Nc3c(C)cccc3CC)CC2)CC1. The Hall–Kier alpha value is -2.57. The number of anilines is 1. The number of carbonyl (C=O) groups excluding carboxylic acids is 3. The van der Waals surface area contributed by atoms with Crippen molar-refractivity contribution in [2.75, 3.05) is 38.1 Å². The number of benzene rings is 1. The van der Waals surface area contributed by atoms with Gasteiger partial charge in [-0.1, -0.05) is 25.1 Å². The Morgan fingerprint density at radius 2 is 1.71 bits per heavy atom. The summed E-state index contributed by atoms with van der Waals surface area (Å²) in [6.07, 6.45) is 1.61. The summed E-state index contributed by atoms with van der Waals surface area (Å²) in [5.74, 6) is -0.338. The van der Waals surface area contributed by atoms with E-state index < -0.39 is 5.41 Å². The fraction of sp³-hybridized carbons (Fsp3) is 0.571. The zero-order chi connectivity index (χ0) is 20.3. The van der Waals surface area contributed by atoms with E-state index in [0.717, 1.165) is 23.2 Å². The third-order valence-corrected chi connectivity index (χ3v) is 5.67. The Kier molecular flexibility index (Phi) is 5.91. The van der Waals surface area contributed by atoms with Crippen LogP contribution in [0.3, 0.4) is 0 Å². The summed E-state index contributed by atoms with van der Waals surface area (Å²) < 4.78 is 5.01. The molecule has 3 rings (SSSR count). The third kappa shape index (κ3) is 3.84. The van der Waals surface area contributed by atoms with Gasteiger partial charge < -0.3 is 19.9 Å². The molecule has 3 amide bonds. The molecular formula is C21H29N3O4. The van der Waals surface area contributed by atoms with Gasteiger partial charge in [-0.25, -0.2) is 4.79 Å². The fourth-order valence-electron chi connectivity index (χ4n) is 3.71. The van der Waals surface area contributed by atoms with Crippen LogP contribution in [0.1, 0.15) is 37.8 Å². The van der Waals surface area contributed by atoms with Crippen LogP contribution in [0.5, 0.6) is 0 Å². The number of rotatable bonds is 5. The van der Waals surface area contributed by atoms with Crippen molar-refractivity contribution in [2.24, 2.45) is 5.41 Å². The molecule has 1 aliphatic carbocycles. The number of aryl methyl sites for hydroxylation is 2. The van der Waals surface area contributed by atoms with Gasteiger partial charge >= 0.3 is 6.09 Å². The molecule has 1 heterocycles. The first-order valence-corrected chi connectivity index (χ1v) is 10.0. The van der Waals surface area contributed by atoms with Crippen LogP contribution >= 0.6 is 0 Å². The van der Waals surface area contributed by atoms with Crippen molar-refractivity contribution in [1.29, 1.82) is 0 Å². The van der Waals surface area contributed by atoms with E-state index in [4.69, 9.17) is 4.74 Å². The Balaban J connectivity index is 1.65. The number of nitrogens with one attached hydrogen (secondary N) is 1. The second-order valence-electron chi connectivity index (χ2n) is 7.48. The van der Waals surface area contributed by atoms with Crippen molar-refractivity contribution in [3.05, 3.63) is 29.3 Å². The topological polar surface area (TPSA) is 79.0 Å². The lowest BCUT2D eigenvalue weighted by molar-refractivity contribution is -0.143. The van der Waals surface area contributed by atoms with Gasteiger partial charge in [0.05, 0.1) is 6.61 Å². The second kappa shape index (κ2) is 8.20. The van der Waals surface area contributed by atoms with Crippen molar-refractivity contribution in [2.45, 2.75) is 40.0 Å². The highest BCUT2D eigenvalue weighted by Gasteiger charge is 2.58. The van der Waals surface area contributed by atoms with E-state index in [1.54, 1.807) is 16.7 Å². The number of carbonyl (C=O) groups is 3. The van der Waals surface area contributed by atoms with Crippen molar-refractivity contribution in [3.8, 4) is 0 Å². The molecule has 1 saturated heterocycles. The van der Waals surface area contributed by atoms with Gasteiger partial charge in [0.15, 0.2) is 0 Å². The molecule has 2 aliphatic rings. The Labute approximate surface area is 166 Å². The molecule has 28 heavy (non-hydrogen) atoms. The molecule has 1 aliphatic heterocycles. The highest BCUT2D eigenvalue weighted by atomic mass is 16.6. The molecule has 1 aromatic rings. The highest BCUT2D eigenvalue weighted by Crippen LogP contribution is 2.48. The van der Waals surface area contributed by atoms with Crippen LogP contribution in [0.25, 0.3) is 0 Å². The minimum atomic E-state index is -0.959. The summed E-state index contributed by atoms with van der Waals surface area (Å²) in [6, 6.07) is 5.94. The maximum absolute atomic E-state index is 13.1. The summed E-state index contributed by atoms with van der Waals surface area (Å²) in [4.78, 5) is 41.2. The van der Waals surface area contributed by atoms with Gasteiger partial charge in [-0.05, 0) is 44.2 Å². The summed E-state index contributed by atoms with van der Waals surface area (Å²) in [5, 5.41) is 3.03. The molecular weight excluding hydrogens is 358 g/mol. The van der Waals surface area contributed by atoms with E-state index in [1.807, 2.05) is 32.0 Å². The molecule has 1 N–H and O–H groups in total. The van der Waals surface area contributed by atoms with Crippen LogP contribution in [0.4, 0.5) is 10.5 Å². The van der Waals surface area contributed by atoms with Crippen LogP contribution in [0.2, 0.25) is 0 Å². The lowest BCUT2D eigenvalue weighted by Crippen LogP contribution is -2.53. The van der Waals surface area contributed by atoms with Crippen molar-refractivity contribution in [3.63, 3.8) is 0 Å². The van der Waals surface area contributed by atoms with Crippen LogP contribution in [0.15, 0.2) is 18.2 Å². The standard InChI is InChI=1S/C21H29N3O4/c1-4-16-8-6-7-15(3)17(16)22-18(25)21(9-10-21)19(26)23-11-13-24(14-12-23)20(27)28-5-2/h6-8H,4-5,9-14H2,1-3H3,(H,22,25). The second-order valence-corrected chi connectivity index (χ2v) is 7.48. The first-order chi connectivity index (χ1) is 13.4. The predicted octanol–water partition coefficient (Wildman–Crippen LogP) is 2.58. The lowest BCUT2D eigenvalue weighted by atomic mass is 10.0. The first-order valence-electron chi connectivity index (χ1n) is 10.0. The zero-order valence-corrected chi connectivity index (χ0v) is 16.9. The van der Waals surface area contributed by atoms with Gasteiger partial charge in [0, 0.05) is 31.9 Å². The van der Waals surface area contributed by atoms with E-state index in [0.29, 0.717) is 45.6 Å². The van der Waals surface area contributed by atoms with E-state index in [9.17, 15) is 14.4 Å². The average Bonchev–Trinajstić information content (AvgIpc) is 3.51. The smallest absolute Gasteiger partial charge is 0.409 e. The molecule has 0 spiro atoms. The molecule has 2 fully saturated rings. The summed E-state index contributed by atoms with van der Waals surface area (Å²) in [7, 11) is 0. The van der Waals surface area contributed by atoms with Crippen LogP contribution < -0.4 is 5.32 Å². The van der Waals surface area contributed by atoms with Gasteiger partial charge in [-0.3, -0.25) is 9.59 Å². The van der Waals surface area contributed by atoms with Crippen molar-refractivity contribution in [1.82, 2.24) is 9.80 Å². The van der Waals surface area contributed by atoms with Gasteiger partial charge in [0.25, 0.3) is 0 Å². The molecule has 0 bridgehead atoms. The molecule has 0 aromatic heterocycles. The van der Waals surface area contributed by atoms with Crippen LogP contribution in [-0.2, 0) is 20.7 Å². The predicted molar refractivity (Wildman–Crippen MR) is 106 cm³/mol. The minimum Gasteiger partial charge on any atom is -0.450 e. The number of ether oxygens (including phenoxy) is 1. The number of hydrogen-bond acceptors (Lipinski definition) is 4. The van der Waals surface area contributed by atoms with Gasteiger partial charge in [0.1, 0.15) is 5.41 Å². The Bertz CT molecular complexity index is 765. The third-order valence-electron chi connectivity index (χ3n) is 5.67. The number of nitrogens with zero attached hydrogens (tertiary/aromatic N) is 2. The molecule has 1 aromatic carbocycles. The summed E-state index contributed by atoms with van der Waals surface area (Å²) in [5.41, 5.74) is 1.93. The highest BCUT2D eigenvalue weighted by molar-refractivity contribution is 6.13. The Morgan fingerprint density at radius 1 is 1.07 bits per heavy atom. The summed E-state index contributed by atoms with van der Waals surface area (Å²) >= 11 is 0. The monoisotopic (exact) mass is 387 g/mol. The first kappa shape index (κ1) is 20.2. The van der Waals surface area contributed by atoms with Crippen molar-refractivity contribution < 1.29 is 19.1 Å². The largest absolute Gasteiger partial charge is 0.450 e. The molecule has 1 saturated carbocycles. The van der Waals surface area contributed by atoms with Crippen molar-refractivity contribution >= 4 is 23.6 Å². The maximum Gasteiger partial charge on any atom is 0.409 e. The molecule has 7 heteroatoms. The van der Waals surface area contributed by atoms with E-state index in [1.165, 1.54) is 0 Å². The minimum absolute atomic E-state index is 0.125. The molecule has 0 radical (unpaired) electrons. The van der Waals surface area contributed by atoms with Crippen LogP contribution in [0, 0.1) is 12.3 Å². The average molecular weight is 387 g/mol. The zero-order valence-electron chi connectivity index (χ0n) is 16.9. The Morgan fingerprint density at radius 3 is 2.29 bits per heavy atom. The van der Waals surface area contributed by atoms with Crippen LogP contribution in [-0.4, -0.2) is 60.5 Å². The van der Waals surface area contributed by atoms with Gasteiger partial charge in [-0.15, -0.1) is 0 Å². The normalized spacial score (nSPS) is 17.8. The number of piperazine rings is 1. The lowest BCUT2D eigenvalue weighted by Gasteiger charge is -2.35. The quantitative estimate of drug-likeness (QED) is 0.788. The summed E-state index contributed by atoms with van der Waals surface area (Å²) in [6.45, 7) is 7.83. The molecule has 152 valence electrons. The van der Waals surface area contributed by atoms with E-state index in [-0.39, 0.29) is 17.9 Å². The van der Waals surface area contributed by atoms with Gasteiger partial charge in [-0.2, -0.15) is 0 Å². The number of hydrogen-bond donors (Lipinski definition) is 1. The number of amides is 3. The molecule has 7 nitrogen and oxygen atoms in total. The fourth-order valence-corrected chi connectivity index (χ4v) is 3.71. The molecule has 0 atom stereocenters. The van der Waals surface area contributed by atoms with Gasteiger partial charge in [0.2, 0.25) is 11.8 Å². The number of para-hydroxylation sites is 1. The maximum atomic E-state index is 13.1. The van der Waals surface area contributed by atoms with E-state index in [2.05, 4.69) is 5.32 Å².